The quantitative estimate of drug-likeness (QED) is 0.806. The van der Waals surface area contributed by atoms with Gasteiger partial charge in [-0.2, -0.15) is 0 Å². The maximum Gasteiger partial charge on any atom is 0.233 e. The van der Waals surface area contributed by atoms with Crippen LogP contribution in [0.25, 0.3) is 0 Å². The highest BCUT2D eigenvalue weighted by Crippen LogP contribution is 2.37. The molecular formula is C12H17N3OS. The minimum absolute atomic E-state index is 0.135. The number of thioether (sulfide) groups is 1. The predicted octanol–water partition coefficient (Wildman–Crippen LogP) is 1.22. The van der Waals surface area contributed by atoms with Crippen molar-refractivity contribution in [2.75, 3.05) is 32.9 Å². The van der Waals surface area contributed by atoms with E-state index in [2.05, 4.69) is 9.88 Å². The zero-order valence-electron chi connectivity index (χ0n) is 10.2. The molecule has 4 nitrogen and oxygen atoms in total. The van der Waals surface area contributed by atoms with E-state index < -0.39 is 0 Å². The fourth-order valence-electron chi connectivity index (χ4n) is 1.80. The summed E-state index contributed by atoms with van der Waals surface area (Å²) < 4.78 is 0. The van der Waals surface area contributed by atoms with E-state index in [1.54, 1.807) is 18.0 Å². The molecular weight excluding hydrogens is 234 g/mol. The van der Waals surface area contributed by atoms with Gasteiger partial charge in [0, 0.05) is 31.0 Å². The third-order valence-electron chi connectivity index (χ3n) is 2.73. The Kier molecular flexibility index (Phi) is 4.02. The Bertz CT molecular complexity index is 383. The number of aromatic nitrogens is 1. The average molecular weight is 251 g/mol. The smallest absolute Gasteiger partial charge is 0.233 e. The summed E-state index contributed by atoms with van der Waals surface area (Å²) in [5, 5.41) is 0.135. The Morgan fingerprint density at radius 3 is 3.06 bits per heavy atom. The van der Waals surface area contributed by atoms with Gasteiger partial charge in [-0.1, -0.05) is 6.07 Å². The molecule has 17 heavy (non-hydrogen) atoms. The Hall–Kier alpha value is -1.07. The molecule has 1 fully saturated rings. The number of hydrogen-bond donors (Lipinski definition) is 0. The Labute approximate surface area is 106 Å². The number of carbonyl (C=O) groups is 1. The van der Waals surface area contributed by atoms with Crippen molar-refractivity contribution in [3.8, 4) is 0 Å². The molecule has 0 radical (unpaired) electrons. The lowest BCUT2D eigenvalue weighted by Gasteiger charge is -2.25. The fraction of sp³-hybridized carbons (Fsp3) is 0.500. The lowest BCUT2D eigenvalue weighted by molar-refractivity contribution is -0.128. The van der Waals surface area contributed by atoms with E-state index in [0.29, 0.717) is 5.75 Å². The topological polar surface area (TPSA) is 36.4 Å². The predicted molar refractivity (Wildman–Crippen MR) is 69.7 cm³/mol. The molecule has 1 aliphatic rings. The first-order valence-electron chi connectivity index (χ1n) is 5.64. The van der Waals surface area contributed by atoms with Gasteiger partial charge in [0.2, 0.25) is 5.91 Å². The van der Waals surface area contributed by atoms with Gasteiger partial charge in [0.15, 0.2) is 0 Å². The van der Waals surface area contributed by atoms with E-state index in [0.717, 1.165) is 18.7 Å². The number of pyridine rings is 1. The SMILES string of the molecule is CN(C)CCN1C(=O)CSC1c1cccnc1. The highest BCUT2D eigenvalue weighted by molar-refractivity contribution is 8.00. The zero-order chi connectivity index (χ0) is 12.3. The van der Waals surface area contributed by atoms with Crippen LogP contribution in [0.1, 0.15) is 10.9 Å². The van der Waals surface area contributed by atoms with Gasteiger partial charge >= 0.3 is 0 Å². The largest absolute Gasteiger partial charge is 0.324 e. The van der Waals surface area contributed by atoms with Crippen LogP contribution in [0.3, 0.4) is 0 Å². The Morgan fingerprint density at radius 2 is 2.41 bits per heavy atom. The summed E-state index contributed by atoms with van der Waals surface area (Å²) in [5.41, 5.74) is 1.11. The van der Waals surface area contributed by atoms with Crippen LogP contribution in [-0.4, -0.2) is 53.6 Å². The molecule has 0 aliphatic carbocycles. The lowest BCUT2D eigenvalue weighted by atomic mass is 10.2. The molecule has 0 spiro atoms. The van der Waals surface area contributed by atoms with Gasteiger partial charge in [0.1, 0.15) is 5.37 Å². The number of hydrogen-bond acceptors (Lipinski definition) is 4. The molecule has 0 aromatic carbocycles. The summed E-state index contributed by atoms with van der Waals surface area (Å²) in [6.07, 6.45) is 3.61. The van der Waals surface area contributed by atoms with Crippen LogP contribution in [0.15, 0.2) is 24.5 Å². The number of rotatable bonds is 4. The van der Waals surface area contributed by atoms with E-state index in [1.165, 1.54) is 0 Å². The van der Waals surface area contributed by atoms with Crippen molar-refractivity contribution >= 4 is 17.7 Å². The second-order valence-electron chi connectivity index (χ2n) is 4.34. The molecule has 1 saturated heterocycles. The van der Waals surface area contributed by atoms with Gasteiger partial charge in [-0.05, 0) is 20.2 Å². The number of likely N-dealkylation sites (N-methyl/N-ethyl adjacent to an activating group) is 1. The van der Waals surface area contributed by atoms with Crippen molar-refractivity contribution in [2.24, 2.45) is 0 Å². The van der Waals surface area contributed by atoms with Gasteiger partial charge in [0.05, 0.1) is 5.75 Å². The number of nitrogens with zero attached hydrogens (tertiary/aromatic N) is 3. The first-order chi connectivity index (χ1) is 8.18. The summed E-state index contributed by atoms with van der Waals surface area (Å²) in [6, 6.07) is 3.95. The van der Waals surface area contributed by atoms with Crippen LogP contribution in [0.2, 0.25) is 0 Å². The van der Waals surface area contributed by atoms with Crippen molar-refractivity contribution in [2.45, 2.75) is 5.37 Å². The second-order valence-corrected chi connectivity index (χ2v) is 5.41. The van der Waals surface area contributed by atoms with E-state index in [-0.39, 0.29) is 11.3 Å². The minimum Gasteiger partial charge on any atom is -0.324 e. The molecule has 0 bridgehead atoms. The van der Waals surface area contributed by atoms with Crippen LogP contribution in [0.5, 0.6) is 0 Å². The fourth-order valence-corrected chi connectivity index (χ4v) is 3.00. The molecule has 2 rings (SSSR count). The zero-order valence-corrected chi connectivity index (χ0v) is 11.0. The molecule has 1 unspecified atom stereocenters. The summed E-state index contributed by atoms with van der Waals surface area (Å²) in [6.45, 7) is 1.67. The summed E-state index contributed by atoms with van der Waals surface area (Å²) in [5.74, 6) is 0.804. The van der Waals surface area contributed by atoms with Crippen LogP contribution in [0, 0.1) is 0 Å². The van der Waals surface area contributed by atoms with Crippen molar-refractivity contribution in [3.63, 3.8) is 0 Å². The minimum atomic E-state index is 0.135. The Morgan fingerprint density at radius 1 is 1.59 bits per heavy atom. The van der Waals surface area contributed by atoms with E-state index in [4.69, 9.17) is 0 Å². The Balaban J connectivity index is 2.08. The standard InChI is InChI=1S/C12H17N3OS/c1-14(2)6-7-15-11(16)9-17-12(15)10-4-3-5-13-8-10/h3-5,8,12H,6-7,9H2,1-2H3. The molecule has 5 heteroatoms. The summed E-state index contributed by atoms with van der Waals surface area (Å²) in [4.78, 5) is 20.0. The van der Waals surface area contributed by atoms with Crippen molar-refractivity contribution < 1.29 is 4.79 Å². The molecule has 1 aliphatic heterocycles. The highest BCUT2D eigenvalue weighted by atomic mass is 32.2. The highest BCUT2D eigenvalue weighted by Gasteiger charge is 2.32. The third-order valence-corrected chi connectivity index (χ3v) is 3.98. The molecule has 0 N–H and O–H groups in total. The number of carbonyl (C=O) groups excluding carboxylic acids is 1. The van der Waals surface area contributed by atoms with Gasteiger partial charge in [-0.15, -0.1) is 11.8 Å². The van der Waals surface area contributed by atoms with Gasteiger partial charge in [-0.3, -0.25) is 9.78 Å². The van der Waals surface area contributed by atoms with Crippen molar-refractivity contribution in [1.29, 1.82) is 0 Å². The van der Waals surface area contributed by atoms with Gasteiger partial charge in [-0.25, -0.2) is 0 Å². The summed E-state index contributed by atoms with van der Waals surface area (Å²) >= 11 is 1.68. The molecule has 1 aromatic rings. The molecule has 1 amide bonds. The number of amides is 1. The van der Waals surface area contributed by atoms with Crippen LogP contribution in [0.4, 0.5) is 0 Å². The molecule has 1 aromatic heterocycles. The van der Waals surface area contributed by atoms with Gasteiger partial charge in [0.25, 0.3) is 0 Å². The maximum atomic E-state index is 11.8. The van der Waals surface area contributed by atoms with E-state index >= 15 is 0 Å². The molecule has 92 valence electrons. The van der Waals surface area contributed by atoms with Crippen LogP contribution in [-0.2, 0) is 4.79 Å². The summed E-state index contributed by atoms with van der Waals surface area (Å²) in [7, 11) is 4.04. The maximum absolute atomic E-state index is 11.8. The average Bonchev–Trinajstić information content (AvgIpc) is 2.69. The van der Waals surface area contributed by atoms with Crippen LogP contribution >= 0.6 is 11.8 Å². The second kappa shape index (κ2) is 5.51. The first kappa shape index (κ1) is 12.4. The normalized spacial score (nSPS) is 20.3. The molecule has 1 atom stereocenters. The van der Waals surface area contributed by atoms with Crippen LogP contribution < -0.4 is 0 Å². The third kappa shape index (κ3) is 2.98. The van der Waals surface area contributed by atoms with Crippen molar-refractivity contribution in [1.82, 2.24) is 14.8 Å². The van der Waals surface area contributed by atoms with Gasteiger partial charge < -0.3 is 9.80 Å². The monoisotopic (exact) mass is 251 g/mol. The lowest BCUT2D eigenvalue weighted by Crippen LogP contribution is -2.34. The molecule has 2 heterocycles. The van der Waals surface area contributed by atoms with E-state index in [1.807, 2.05) is 37.3 Å². The van der Waals surface area contributed by atoms with E-state index in [9.17, 15) is 4.79 Å². The first-order valence-corrected chi connectivity index (χ1v) is 6.69. The molecule has 0 saturated carbocycles. The van der Waals surface area contributed by atoms with Crippen molar-refractivity contribution in [3.05, 3.63) is 30.1 Å².